The van der Waals surface area contributed by atoms with Crippen molar-refractivity contribution in [2.75, 3.05) is 0 Å². The summed E-state index contributed by atoms with van der Waals surface area (Å²) in [7, 11) is 0. The highest BCUT2D eigenvalue weighted by molar-refractivity contribution is 5.18. The molecule has 0 amide bonds. The largest absolute Gasteiger partial charge is 0.0742 e. The van der Waals surface area contributed by atoms with Gasteiger partial charge in [0.25, 0.3) is 0 Å². The van der Waals surface area contributed by atoms with Crippen molar-refractivity contribution in [2.24, 2.45) is 16.7 Å². The van der Waals surface area contributed by atoms with Gasteiger partial charge in [0.15, 0.2) is 0 Å². The zero-order valence-electron chi connectivity index (χ0n) is 7.07. The molecule has 0 unspecified atom stereocenters. The van der Waals surface area contributed by atoms with Gasteiger partial charge in [0.05, 0.1) is 0 Å². The van der Waals surface area contributed by atoms with Gasteiger partial charge in [-0.15, -0.1) is 0 Å². The van der Waals surface area contributed by atoms with Gasteiger partial charge in [0.2, 0.25) is 0 Å². The second-order valence-electron chi connectivity index (χ2n) is 4.54. The van der Waals surface area contributed by atoms with Gasteiger partial charge in [-0.05, 0) is 35.7 Å². The maximum Gasteiger partial charge on any atom is -0.00833 e. The van der Waals surface area contributed by atoms with Gasteiger partial charge in [0, 0.05) is 0 Å². The summed E-state index contributed by atoms with van der Waals surface area (Å²) in [5, 5.41) is 0. The van der Waals surface area contributed by atoms with E-state index >= 15 is 0 Å². The highest BCUT2D eigenvalue weighted by atomic mass is 14.6. The van der Waals surface area contributed by atoms with Crippen molar-refractivity contribution in [1.82, 2.24) is 0 Å². The van der Waals surface area contributed by atoms with Crippen LogP contribution in [0.5, 0.6) is 0 Å². The Morgan fingerprint density at radius 3 is 2.20 bits per heavy atom. The summed E-state index contributed by atoms with van der Waals surface area (Å²) >= 11 is 0. The van der Waals surface area contributed by atoms with Crippen LogP contribution in [0.25, 0.3) is 0 Å². The van der Waals surface area contributed by atoms with E-state index in [0.717, 1.165) is 5.92 Å². The molecule has 0 aromatic heterocycles. The van der Waals surface area contributed by atoms with E-state index in [1.165, 1.54) is 12.8 Å². The molecule has 0 aromatic rings. The van der Waals surface area contributed by atoms with Gasteiger partial charge in [-0.1, -0.05) is 26.8 Å². The summed E-state index contributed by atoms with van der Waals surface area (Å²) in [5.74, 6) is 0.748. The molecule has 0 heterocycles. The maximum absolute atomic E-state index is 3.46. The third-order valence-corrected chi connectivity index (χ3v) is 3.90. The Labute approximate surface area is 63.3 Å². The molecule has 1 saturated carbocycles. The van der Waals surface area contributed by atoms with Crippen molar-refractivity contribution in [2.45, 2.75) is 33.6 Å². The van der Waals surface area contributed by atoms with Crippen LogP contribution in [0.15, 0.2) is 6.08 Å². The molecule has 0 nitrogen and oxygen atoms in total. The molecule has 55 valence electrons. The highest BCUT2D eigenvalue weighted by Crippen LogP contribution is 2.60. The first kappa shape index (κ1) is 6.45. The minimum absolute atomic E-state index is 0.470. The number of hydrogen-bond acceptors (Lipinski definition) is 0. The molecule has 2 aliphatic carbocycles. The van der Waals surface area contributed by atoms with Crippen LogP contribution in [-0.2, 0) is 0 Å². The average Bonchev–Trinajstić information content (AvgIpc) is 2.18. The lowest BCUT2D eigenvalue weighted by atomic mass is 9.71. The number of fused-ring (bicyclic) bond motifs is 2. The third-order valence-electron chi connectivity index (χ3n) is 3.90. The molecule has 0 spiro atoms. The number of rotatable bonds is 0. The van der Waals surface area contributed by atoms with Crippen molar-refractivity contribution in [3.63, 3.8) is 0 Å². The fourth-order valence-corrected chi connectivity index (χ4v) is 2.36. The van der Waals surface area contributed by atoms with Crippen LogP contribution in [0.1, 0.15) is 33.6 Å². The van der Waals surface area contributed by atoms with Gasteiger partial charge in [-0.3, -0.25) is 0 Å². The molecule has 10 heavy (non-hydrogen) atoms. The Bertz CT molecular complexity index is 188. The third kappa shape index (κ3) is 0.492. The van der Waals surface area contributed by atoms with Gasteiger partial charge >= 0.3 is 0 Å². The van der Waals surface area contributed by atoms with E-state index in [-0.39, 0.29) is 0 Å². The van der Waals surface area contributed by atoms with E-state index in [2.05, 4.69) is 32.9 Å². The molecule has 0 N–H and O–H groups in total. The van der Waals surface area contributed by atoms with Crippen LogP contribution >= 0.6 is 0 Å². The van der Waals surface area contributed by atoms with E-state index in [0.29, 0.717) is 10.8 Å². The van der Waals surface area contributed by atoms with E-state index in [4.69, 9.17) is 0 Å². The second kappa shape index (κ2) is 1.49. The molecule has 1 radical (unpaired) electrons. The molecular weight excluding hydrogens is 120 g/mol. The monoisotopic (exact) mass is 135 g/mol. The average molecular weight is 135 g/mol. The van der Waals surface area contributed by atoms with Crippen LogP contribution in [-0.4, -0.2) is 0 Å². The molecule has 0 saturated heterocycles. The van der Waals surface area contributed by atoms with Gasteiger partial charge in [-0.2, -0.15) is 0 Å². The standard InChI is InChI=1S/C10H15/c1-9(2)8-4-6-10(9,3)7-5-8/h7-8H,4,6H2,1-3H3/t8-,10+/m0/s1. The number of hydrogen-bond donors (Lipinski definition) is 0. The lowest BCUT2D eigenvalue weighted by Crippen LogP contribution is -2.27. The first-order chi connectivity index (χ1) is 4.56. The molecular formula is C10H15. The summed E-state index contributed by atoms with van der Waals surface area (Å²) in [6.45, 7) is 7.12. The van der Waals surface area contributed by atoms with E-state index in [1.54, 1.807) is 0 Å². The summed E-state index contributed by atoms with van der Waals surface area (Å²) in [4.78, 5) is 0. The fourth-order valence-electron chi connectivity index (χ4n) is 2.36. The van der Waals surface area contributed by atoms with Gasteiger partial charge < -0.3 is 0 Å². The van der Waals surface area contributed by atoms with Crippen molar-refractivity contribution in [3.8, 4) is 0 Å². The summed E-state index contributed by atoms with van der Waals surface area (Å²) in [6.07, 6.45) is 8.50. The predicted molar refractivity (Wildman–Crippen MR) is 42.4 cm³/mol. The minimum atomic E-state index is 0.470. The molecule has 2 aliphatic rings. The molecule has 2 atom stereocenters. The topological polar surface area (TPSA) is 0 Å². The normalized spacial score (nSPS) is 48.5. The Balaban J connectivity index is 2.45. The summed E-state index contributed by atoms with van der Waals surface area (Å²) in [5.41, 5.74) is 0.963. The van der Waals surface area contributed by atoms with E-state index in [9.17, 15) is 0 Å². The first-order valence-corrected chi connectivity index (χ1v) is 4.17. The smallest absolute Gasteiger partial charge is 0.00833 e. The number of allylic oxidation sites excluding steroid dienone is 2. The molecule has 1 fully saturated rings. The van der Waals surface area contributed by atoms with Gasteiger partial charge in [-0.25, -0.2) is 0 Å². The maximum atomic E-state index is 3.46. The summed E-state index contributed by atoms with van der Waals surface area (Å²) in [6, 6.07) is 0. The van der Waals surface area contributed by atoms with Crippen molar-refractivity contribution < 1.29 is 0 Å². The minimum Gasteiger partial charge on any atom is -0.0742 e. The highest BCUT2D eigenvalue weighted by Gasteiger charge is 2.52. The Hall–Kier alpha value is -0.260. The van der Waals surface area contributed by atoms with E-state index < -0.39 is 0 Å². The van der Waals surface area contributed by atoms with Crippen LogP contribution in [0.3, 0.4) is 0 Å². The van der Waals surface area contributed by atoms with Crippen molar-refractivity contribution in [1.29, 1.82) is 0 Å². The SMILES string of the molecule is CC1(C)[C@@H]2[C]=C[C@@]1(C)CC2. The zero-order chi connectivity index (χ0) is 7.41. The van der Waals surface area contributed by atoms with Crippen molar-refractivity contribution in [3.05, 3.63) is 12.2 Å². The fraction of sp³-hybridized carbons (Fsp3) is 0.800. The first-order valence-electron chi connectivity index (χ1n) is 4.17. The second-order valence-corrected chi connectivity index (χ2v) is 4.54. The molecule has 2 rings (SSSR count). The molecule has 0 aromatic carbocycles. The quantitative estimate of drug-likeness (QED) is 0.479. The van der Waals surface area contributed by atoms with Crippen molar-refractivity contribution >= 4 is 0 Å². The lowest BCUT2D eigenvalue weighted by Gasteiger charge is -2.33. The van der Waals surface area contributed by atoms with E-state index in [1.807, 2.05) is 0 Å². The lowest BCUT2D eigenvalue weighted by molar-refractivity contribution is 0.180. The van der Waals surface area contributed by atoms with Crippen LogP contribution in [0, 0.1) is 22.8 Å². The molecule has 0 heteroatoms. The van der Waals surface area contributed by atoms with Gasteiger partial charge in [0.1, 0.15) is 0 Å². The van der Waals surface area contributed by atoms with Crippen LogP contribution in [0.2, 0.25) is 0 Å². The molecule has 2 bridgehead atoms. The Morgan fingerprint density at radius 2 is 2.10 bits per heavy atom. The zero-order valence-corrected chi connectivity index (χ0v) is 7.07. The molecule has 0 aliphatic heterocycles. The van der Waals surface area contributed by atoms with Crippen LogP contribution < -0.4 is 0 Å². The Kier molecular flexibility index (Phi) is 0.962. The Morgan fingerprint density at radius 1 is 1.40 bits per heavy atom. The predicted octanol–water partition coefficient (Wildman–Crippen LogP) is 2.80. The summed E-state index contributed by atoms with van der Waals surface area (Å²) < 4.78 is 0. The van der Waals surface area contributed by atoms with Crippen LogP contribution in [0.4, 0.5) is 0 Å².